The molecule has 0 heterocycles. The van der Waals surface area contributed by atoms with Crippen molar-refractivity contribution in [3.63, 3.8) is 0 Å². The molecule has 3 aromatic carbocycles. The van der Waals surface area contributed by atoms with Gasteiger partial charge in [-0.2, -0.15) is 0 Å². The van der Waals surface area contributed by atoms with E-state index in [0.29, 0.717) is 0 Å². The number of hydrogen-bond donors (Lipinski definition) is 0. The summed E-state index contributed by atoms with van der Waals surface area (Å²) in [6.45, 7) is 0. The third-order valence-electron chi connectivity index (χ3n) is 3.18. The summed E-state index contributed by atoms with van der Waals surface area (Å²) < 4.78 is 0. The van der Waals surface area contributed by atoms with Crippen LogP contribution in [0.2, 0.25) is 0 Å². The van der Waals surface area contributed by atoms with E-state index in [1.54, 1.807) is 0 Å². The SMILES string of the molecule is O=C[Se]Cc1c2ccccc2cc2ccccc12. The Bertz CT molecular complexity index is 664. The van der Waals surface area contributed by atoms with E-state index in [9.17, 15) is 4.79 Å². The summed E-state index contributed by atoms with van der Waals surface area (Å²) in [5, 5.41) is 7.00. The number of hydrogen-bond acceptors (Lipinski definition) is 1. The Labute approximate surface area is 112 Å². The fraction of sp³-hybridized carbons (Fsp3) is 0.0625. The Kier molecular flexibility index (Phi) is 3.14. The van der Waals surface area contributed by atoms with Crippen molar-refractivity contribution >= 4 is 41.7 Å². The summed E-state index contributed by atoms with van der Waals surface area (Å²) >= 11 is 0.0346. The van der Waals surface area contributed by atoms with E-state index >= 15 is 0 Å². The van der Waals surface area contributed by atoms with Gasteiger partial charge in [-0.15, -0.1) is 0 Å². The third kappa shape index (κ3) is 1.94. The Morgan fingerprint density at radius 3 is 2.00 bits per heavy atom. The predicted octanol–water partition coefficient (Wildman–Crippen LogP) is 3.39. The number of fused-ring (bicyclic) bond motifs is 2. The number of rotatable bonds is 3. The van der Waals surface area contributed by atoms with Crippen LogP contribution in [-0.4, -0.2) is 20.1 Å². The van der Waals surface area contributed by atoms with Crippen molar-refractivity contribution in [1.82, 2.24) is 0 Å². The predicted molar refractivity (Wildman–Crippen MR) is 77.7 cm³/mol. The maximum atomic E-state index is 10.7. The zero-order valence-corrected chi connectivity index (χ0v) is 11.5. The molecule has 18 heavy (non-hydrogen) atoms. The second-order valence-corrected chi connectivity index (χ2v) is 5.91. The summed E-state index contributed by atoms with van der Waals surface area (Å²) in [4.78, 5) is 10.7. The minimum absolute atomic E-state index is 0.0346. The van der Waals surface area contributed by atoms with Crippen LogP contribution >= 0.6 is 0 Å². The Morgan fingerprint density at radius 1 is 0.889 bits per heavy atom. The molecule has 0 saturated heterocycles. The standard InChI is InChI=1S/C16H12OSe/c17-11-18-10-16-14-7-3-1-5-12(14)9-13-6-2-4-8-15(13)16/h1-9,11H,10H2. The molecule has 0 bridgehead atoms. The maximum absolute atomic E-state index is 10.7. The van der Waals surface area contributed by atoms with Gasteiger partial charge in [0.15, 0.2) is 0 Å². The van der Waals surface area contributed by atoms with E-state index in [1.807, 2.05) is 0 Å². The van der Waals surface area contributed by atoms with Gasteiger partial charge in [-0.25, -0.2) is 0 Å². The van der Waals surface area contributed by atoms with Crippen molar-refractivity contribution in [3.05, 3.63) is 60.2 Å². The molecular formula is C16H12OSe. The average molecular weight is 299 g/mol. The molecule has 0 unspecified atom stereocenters. The minimum atomic E-state index is 0.0346. The first-order valence-electron chi connectivity index (χ1n) is 5.85. The zero-order chi connectivity index (χ0) is 12.4. The summed E-state index contributed by atoms with van der Waals surface area (Å²) in [5.41, 5.74) is 1.32. The van der Waals surface area contributed by atoms with E-state index in [4.69, 9.17) is 0 Å². The molecule has 0 aliphatic rings. The van der Waals surface area contributed by atoms with Crippen LogP contribution in [0, 0.1) is 0 Å². The summed E-state index contributed by atoms with van der Waals surface area (Å²) in [6, 6.07) is 19.1. The van der Waals surface area contributed by atoms with Crippen molar-refractivity contribution in [2.24, 2.45) is 0 Å². The number of carbonyl (C=O) groups excluding carboxylic acids is 1. The average Bonchev–Trinajstić information content (AvgIpc) is 2.43. The van der Waals surface area contributed by atoms with E-state index in [-0.39, 0.29) is 15.0 Å². The fourth-order valence-electron chi connectivity index (χ4n) is 2.38. The van der Waals surface area contributed by atoms with Gasteiger partial charge in [-0.1, -0.05) is 0 Å². The Balaban J connectivity index is 2.37. The first-order chi connectivity index (χ1) is 8.90. The Morgan fingerprint density at radius 2 is 1.44 bits per heavy atom. The van der Waals surface area contributed by atoms with Crippen molar-refractivity contribution in [2.75, 3.05) is 0 Å². The summed E-state index contributed by atoms with van der Waals surface area (Å²) in [7, 11) is 0. The van der Waals surface area contributed by atoms with Crippen LogP contribution in [0.1, 0.15) is 5.56 Å². The molecular weight excluding hydrogens is 287 g/mol. The van der Waals surface area contributed by atoms with Crippen LogP contribution in [0.15, 0.2) is 54.6 Å². The molecule has 0 amide bonds. The molecule has 88 valence electrons. The Hall–Kier alpha value is -1.63. The molecule has 0 aromatic heterocycles. The van der Waals surface area contributed by atoms with Crippen molar-refractivity contribution in [1.29, 1.82) is 0 Å². The van der Waals surface area contributed by atoms with Gasteiger partial charge < -0.3 is 0 Å². The van der Waals surface area contributed by atoms with Gasteiger partial charge in [0.2, 0.25) is 0 Å². The first-order valence-corrected chi connectivity index (χ1v) is 8.05. The van der Waals surface area contributed by atoms with Crippen LogP contribution in [0.25, 0.3) is 21.5 Å². The van der Waals surface area contributed by atoms with Crippen LogP contribution in [0.5, 0.6) is 0 Å². The third-order valence-corrected chi connectivity index (χ3v) is 4.42. The van der Waals surface area contributed by atoms with Crippen LogP contribution < -0.4 is 0 Å². The van der Waals surface area contributed by atoms with Crippen LogP contribution in [0.4, 0.5) is 0 Å². The summed E-state index contributed by atoms with van der Waals surface area (Å²) in [5.74, 6) is 0. The van der Waals surface area contributed by atoms with Gasteiger partial charge in [-0.3, -0.25) is 0 Å². The first kappa shape index (κ1) is 11.5. The van der Waals surface area contributed by atoms with Gasteiger partial charge in [-0.05, 0) is 0 Å². The molecule has 0 aliphatic heterocycles. The fourth-order valence-corrected chi connectivity index (χ4v) is 3.53. The van der Waals surface area contributed by atoms with Crippen molar-refractivity contribution in [3.8, 4) is 0 Å². The van der Waals surface area contributed by atoms with Crippen LogP contribution in [-0.2, 0) is 10.1 Å². The van der Waals surface area contributed by atoms with Gasteiger partial charge in [0.1, 0.15) is 0 Å². The van der Waals surface area contributed by atoms with Crippen LogP contribution in [0.3, 0.4) is 0 Å². The molecule has 0 radical (unpaired) electrons. The molecule has 0 fully saturated rings. The molecule has 1 nitrogen and oxygen atoms in total. The molecule has 0 atom stereocenters. The molecule has 0 spiro atoms. The second kappa shape index (κ2) is 4.93. The molecule has 0 N–H and O–H groups in total. The molecule has 0 aliphatic carbocycles. The van der Waals surface area contributed by atoms with Gasteiger partial charge >= 0.3 is 112 Å². The number of carbonyl (C=O) groups is 1. The normalized spacial score (nSPS) is 10.9. The molecule has 3 rings (SSSR count). The summed E-state index contributed by atoms with van der Waals surface area (Å²) in [6.07, 6.45) is 0. The topological polar surface area (TPSA) is 17.1 Å². The van der Waals surface area contributed by atoms with Gasteiger partial charge in [0.05, 0.1) is 0 Å². The molecule has 2 heteroatoms. The quantitative estimate of drug-likeness (QED) is 0.411. The van der Waals surface area contributed by atoms with Crippen molar-refractivity contribution < 1.29 is 4.79 Å². The molecule has 0 saturated carbocycles. The van der Waals surface area contributed by atoms with E-state index in [0.717, 1.165) is 10.5 Å². The zero-order valence-electron chi connectivity index (χ0n) is 9.80. The second-order valence-electron chi connectivity index (χ2n) is 4.20. The van der Waals surface area contributed by atoms with E-state index < -0.39 is 0 Å². The van der Waals surface area contributed by atoms with Gasteiger partial charge in [0.25, 0.3) is 0 Å². The van der Waals surface area contributed by atoms with Crippen molar-refractivity contribution in [2.45, 2.75) is 5.32 Å². The van der Waals surface area contributed by atoms with Gasteiger partial charge in [0, 0.05) is 0 Å². The number of benzene rings is 3. The molecule has 3 aromatic rings. The van der Waals surface area contributed by atoms with E-state index in [2.05, 4.69) is 54.6 Å². The monoisotopic (exact) mass is 300 g/mol. The van der Waals surface area contributed by atoms with E-state index in [1.165, 1.54) is 27.1 Å².